The van der Waals surface area contributed by atoms with Crippen molar-refractivity contribution in [3.63, 3.8) is 0 Å². The van der Waals surface area contributed by atoms with Crippen molar-refractivity contribution in [3.8, 4) is 22.3 Å². The molecular formula is C42H39Cl2N2SiZr. The Morgan fingerprint density at radius 3 is 1.38 bits per heavy atom. The summed E-state index contributed by atoms with van der Waals surface area (Å²) in [7, 11) is 17.3. The third-order valence-corrected chi connectivity index (χ3v) is 63.0. The van der Waals surface area contributed by atoms with Gasteiger partial charge in [0, 0.05) is 0 Å². The molecule has 0 saturated carbocycles. The molecule has 6 aromatic rings. The summed E-state index contributed by atoms with van der Waals surface area (Å²) in [5.41, 5.74) is 14.7. The predicted molar refractivity (Wildman–Crippen MR) is 207 cm³/mol. The predicted octanol–water partition coefficient (Wildman–Crippen LogP) is 12.5. The van der Waals surface area contributed by atoms with Crippen molar-refractivity contribution < 1.29 is 15.6 Å². The Morgan fingerprint density at radius 2 is 0.958 bits per heavy atom. The van der Waals surface area contributed by atoms with Crippen LogP contribution in [-0.2, 0) is 15.6 Å². The molecule has 0 aliphatic heterocycles. The number of hydrogen-bond donors (Lipinski definition) is 0. The van der Waals surface area contributed by atoms with Gasteiger partial charge in [0.2, 0.25) is 0 Å². The molecule has 2 heterocycles. The van der Waals surface area contributed by atoms with Crippen LogP contribution in [0.15, 0.2) is 121 Å². The van der Waals surface area contributed by atoms with Crippen LogP contribution in [0, 0.1) is 0 Å². The standard InChI is InChI=1S/2C20H16N.C2H7Si.2ClH.Zr/c2*1-2-14-12-16-7-4-9-17(19(16)13-14)18-10-3-6-15-8-5-11-21-20(15)18;1-3-2;;;/h2*3-13H,2H2,1H3;3H,1-2H3;2*1H;/q;;;;;+2/p-2. The molecule has 0 radical (unpaired) electrons. The van der Waals surface area contributed by atoms with E-state index in [4.69, 9.17) is 27.0 Å². The molecule has 6 heteroatoms. The van der Waals surface area contributed by atoms with Gasteiger partial charge in [-0.2, -0.15) is 0 Å². The Bertz CT molecular complexity index is 2160. The first-order valence-corrected chi connectivity index (χ1v) is 33.5. The zero-order valence-electron chi connectivity index (χ0n) is 27.8. The summed E-state index contributed by atoms with van der Waals surface area (Å²) >= 11 is -4.88. The fourth-order valence-electron chi connectivity index (χ4n) is 8.79. The second-order valence-corrected chi connectivity index (χ2v) is 56.3. The van der Waals surface area contributed by atoms with Crippen LogP contribution in [0.2, 0.25) is 13.1 Å². The molecule has 2 aliphatic carbocycles. The average Bonchev–Trinajstić information content (AvgIpc) is 3.71. The molecule has 239 valence electrons. The van der Waals surface area contributed by atoms with Gasteiger partial charge >= 0.3 is 295 Å². The van der Waals surface area contributed by atoms with Gasteiger partial charge in [-0.05, 0) is 0 Å². The Hall–Kier alpha value is -3.14. The fourth-order valence-corrected chi connectivity index (χ4v) is 40.6. The van der Waals surface area contributed by atoms with Gasteiger partial charge in [0.1, 0.15) is 0 Å². The summed E-state index contributed by atoms with van der Waals surface area (Å²) in [5, 5.41) is 2.29. The van der Waals surface area contributed by atoms with Crippen LogP contribution in [0.1, 0.15) is 56.2 Å². The average molecular weight is 762 g/mol. The Balaban J connectivity index is 1.35. The fraction of sp³-hybridized carbons (Fsp3) is 0.190. The molecular weight excluding hydrogens is 723 g/mol. The van der Waals surface area contributed by atoms with Gasteiger partial charge < -0.3 is 0 Å². The van der Waals surface area contributed by atoms with Crippen molar-refractivity contribution in [2.75, 3.05) is 0 Å². The van der Waals surface area contributed by atoms with E-state index in [1.54, 1.807) is 0 Å². The van der Waals surface area contributed by atoms with E-state index in [1.807, 2.05) is 24.5 Å². The number of hydrogen-bond acceptors (Lipinski definition) is 2. The number of halogens is 2. The summed E-state index contributed by atoms with van der Waals surface area (Å²) in [6.07, 6.45) is 10.5. The van der Waals surface area contributed by atoms with Crippen LogP contribution < -0.4 is 0 Å². The first-order valence-electron chi connectivity index (χ1n) is 17.2. The number of pyridine rings is 2. The second kappa shape index (κ2) is 12.0. The van der Waals surface area contributed by atoms with Crippen LogP contribution >= 0.6 is 17.0 Å². The number of para-hydroxylation sites is 2. The van der Waals surface area contributed by atoms with Crippen LogP contribution in [0.25, 0.3) is 56.2 Å². The monoisotopic (exact) mass is 759 g/mol. The van der Waals surface area contributed by atoms with E-state index in [-0.39, 0.29) is 7.25 Å². The molecule has 2 aliphatic rings. The first kappa shape index (κ1) is 32.1. The van der Waals surface area contributed by atoms with Gasteiger partial charge in [0.05, 0.1) is 0 Å². The molecule has 0 saturated heterocycles. The summed E-state index contributed by atoms with van der Waals surface area (Å²) in [4.78, 5) is 9.66. The van der Waals surface area contributed by atoms with Gasteiger partial charge in [0.25, 0.3) is 0 Å². The molecule has 2 nitrogen and oxygen atoms in total. The Labute approximate surface area is 292 Å². The van der Waals surface area contributed by atoms with E-state index in [1.165, 1.54) is 44.5 Å². The second-order valence-electron chi connectivity index (χ2n) is 13.8. The van der Waals surface area contributed by atoms with E-state index in [9.17, 15) is 0 Å². The minimum absolute atomic E-state index is 0.0538. The van der Waals surface area contributed by atoms with Crippen LogP contribution in [-0.4, -0.2) is 15.9 Å². The third-order valence-electron chi connectivity index (χ3n) is 11.2. The van der Waals surface area contributed by atoms with E-state index >= 15 is 0 Å². The maximum absolute atomic E-state index is 8.66. The molecule has 8 rings (SSSR count). The van der Waals surface area contributed by atoms with E-state index in [0.29, 0.717) is 0 Å². The SMILES string of the molecule is CCC1=Cc2c(-c3cccc4cccnc34)cccc2[CH]1[Zr]([Cl])([Cl])([CH]1C(CC)=Cc2c(-c3cccc4cccnc34)cccc21)[SiH](C)C. The molecule has 4 aromatic carbocycles. The number of aromatic nitrogens is 2. The van der Waals surface area contributed by atoms with Crippen molar-refractivity contribution in [2.45, 2.75) is 47.0 Å². The molecule has 2 atom stereocenters. The molecule has 2 unspecified atom stereocenters. The zero-order chi connectivity index (χ0) is 33.2. The molecule has 2 aromatic heterocycles. The van der Waals surface area contributed by atoms with Crippen LogP contribution in [0.5, 0.6) is 0 Å². The number of rotatable bonds is 7. The van der Waals surface area contributed by atoms with Gasteiger partial charge in [-0.3, -0.25) is 0 Å². The molecule has 0 N–H and O–H groups in total. The Kier molecular flexibility index (Phi) is 8.04. The van der Waals surface area contributed by atoms with Crippen molar-refractivity contribution in [3.05, 3.63) is 143 Å². The van der Waals surface area contributed by atoms with Gasteiger partial charge in [-0.25, -0.2) is 0 Å². The molecule has 0 amide bonds. The molecule has 0 fully saturated rings. The van der Waals surface area contributed by atoms with E-state index in [2.05, 4.69) is 124 Å². The van der Waals surface area contributed by atoms with E-state index in [0.717, 1.165) is 45.8 Å². The first-order chi connectivity index (χ1) is 23.3. The normalized spacial score (nSPS) is 18.0. The third kappa shape index (κ3) is 4.67. The van der Waals surface area contributed by atoms with Crippen molar-refractivity contribution in [2.24, 2.45) is 0 Å². The van der Waals surface area contributed by atoms with Crippen molar-refractivity contribution in [1.29, 1.82) is 0 Å². The summed E-state index contributed by atoms with van der Waals surface area (Å²) in [5.74, 6) is -1.67. The van der Waals surface area contributed by atoms with Crippen molar-refractivity contribution in [1.82, 2.24) is 9.97 Å². The van der Waals surface area contributed by atoms with Gasteiger partial charge in [-0.1, -0.05) is 0 Å². The molecule has 0 spiro atoms. The summed E-state index contributed by atoms with van der Waals surface area (Å²) in [6.45, 7) is 9.41. The quantitative estimate of drug-likeness (QED) is 0.151. The zero-order valence-corrected chi connectivity index (χ0v) is 33.0. The maximum atomic E-state index is 8.66. The van der Waals surface area contributed by atoms with E-state index < -0.39 is 21.5 Å². The van der Waals surface area contributed by atoms with Gasteiger partial charge in [-0.15, -0.1) is 0 Å². The summed E-state index contributed by atoms with van der Waals surface area (Å²) < 4.78 is 0.108. The van der Waals surface area contributed by atoms with Crippen LogP contribution in [0.4, 0.5) is 0 Å². The van der Waals surface area contributed by atoms with Gasteiger partial charge in [0.15, 0.2) is 0 Å². The molecule has 48 heavy (non-hydrogen) atoms. The number of nitrogens with zero attached hydrogens (tertiary/aromatic N) is 2. The number of benzene rings is 4. The van der Waals surface area contributed by atoms with Crippen LogP contribution in [0.3, 0.4) is 0 Å². The number of fused-ring (bicyclic) bond motifs is 4. The Morgan fingerprint density at radius 1 is 0.562 bits per heavy atom. The van der Waals surface area contributed by atoms with Crippen molar-refractivity contribution >= 4 is 56.9 Å². The number of allylic oxidation sites excluding steroid dienone is 2. The molecule has 0 bridgehead atoms. The topological polar surface area (TPSA) is 25.8 Å². The minimum atomic E-state index is -4.88. The summed E-state index contributed by atoms with van der Waals surface area (Å²) in [6, 6.07) is 34.8.